The number of rotatable bonds is 5. The number of carbonyl (C=O) groups is 1. The lowest BCUT2D eigenvalue weighted by molar-refractivity contribution is 0.0975. The van der Waals surface area contributed by atoms with Crippen LogP contribution in [0.3, 0.4) is 0 Å². The highest BCUT2D eigenvalue weighted by Gasteiger charge is 2.16. The highest BCUT2D eigenvalue weighted by Crippen LogP contribution is 2.18. The Morgan fingerprint density at radius 3 is 2.79 bits per heavy atom. The third kappa shape index (κ3) is 5.63. The van der Waals surface area contributed by atoms with E-state index in [-0.39, 0.29) is 11.7 Å². The molecule has 1 saturated heterocycles. The highest BCUT2D eigenvalue weighted by atomic mass is 19.1. The monoisotopic (exact) mass is 383 g/mol. The maximum Gasteiger partial charge on any atom is 0.258 e. The summed E-state index contributed by atoms with van der Waals surface area (Å²) in [5.41, 5.74) is 2.25. The van der Waals surface area contributed by atoms with E-state index in [1.807, 2.05) is 18.2 Å². The molecule has 6 heteroatoms. The fourth-order valence-corrected chi connectivity index (χ4v) is 3.01. The summed E-state index contributed by atoms with van der Waals surface area (Å²) in [4.78, 5) is 17.1. The molecule has 1 fully saturated rings. The molecule has 1 atom stereocenters. The Morgan fingerprint density at radius 2 is 2.07 bits per heavy atom. The zero-order valence-electron chi connectivity index (χ0n) is 16.2. The van der Waals surface area contributed by atoms with Crippen LogP contribution in [0.5, 0.6) is 0 Å². The van der Waals surface area contributed by atoms with Gasteiger partial charge in [0.15, 0.2) is 0 Å². The molecule has 0 unspecified atom stereocenters. The second-order valence-electron chi connectivity index (χ2n) is 7.19. The minimum absolute atomic E-state index is 0.0601. The van der Waals surface area contributed by atoms with Crippen molar-refractivity contribution >= 4 is 17.6 Å². The molecule has 1 aliphatic rings. The van der Waals surface area contributed by atoms with Crippen LogP contribution in [0.1, 0.15) is 48.5 Å². The van der Waals surface area contributed by atoms with E-state index in [1.165, 1.54) is 23.8 Å². The number of benzene rings is 2. The molecule has 5 nitrogen and oxygen atoms in total. The molecular weight excluding hydrogens is 357 g/mol. The fourth-order valence-electron chi connectivity index (χ4n) is 3.01. The number of hydrogen-bond acceptors (Lipinski definition) is 3. The number of amides is 1. The van der Waals surface area contributed by atoms with Gasteiger partial charge in [-0.2, -0.15) is 0 Å². The van der Waals surface area contributed by atoms with Crippen LogP contribution in [0, 0.1) is 5.82 Å². The van der Waals surface area contributed by atoms with Crippen LogP contribution in [-0.4, -0.2) is 31.1 Å². The minimum atomic E-state index is -0.455. The van der Waals surface area contributed by atoms with Crippen LogP contribution < -0.4 is 10.6 Å². The van der Waals surface area contributed by atoms with Crippen LogP contribution in [0.4, 0.5) is 10.1 Å². The number of hydrogen-bond donors (Lipinski definition) is 2. The Balaban J connectivity index is 1.77. The molecule has 1 amide bonds. The predicted octanol–water partition coefficient (Wildman–Crippen LogP) is 4.33. The molecule has 2 aromatic rings. The van der Waals surface area contributed by atoms with Gasteiger partial charge in [0.25, 0.3) is 5.91 Å². The topological polar surface area (TPSA) is 62.7 Å². The Hall–Kier alpha value is -2.73. The van der Waals surface area contributed by atoms with Gasteiger partial charge in [-0.05, 0) is 54.7 Å². The first-order valence-electron chi connectivity index (χ1n) is 9.61. The van der Waals surface area contributed by atoms with Crippen molar-refractivity contribution in [3.8, 4) is 0 Å². The Kier molecular flexibility index (Phi) is 6.76. The quantitative estimate of drug-likeness (QED) is 0.597. The smallest absolute Gasteiger partial charge is 0.258 e. The molecule has 0 spiro atoms. The van der Waals surface area contributed by atoms with Crippen LogP contribution in [0.25, 0.3) is 0 Å². The van der Waals surface area contributed by atoms with Crippen LogP contribution in [0.15, 0.2) is 53.5 Å². The number of aliphatic imine (C=N–C) groups is 1. The summed E-state index contributed by atoms with van der Waals surface area (Å²) in [5, 5.41) is 5.94. The second kappa shape index (κ2) is 9.46. The SMILES string of the molecule is CC(C)c1cccc(NC(=NC[C@@H]2CCCO2)NC(=O)c2cccc(F)c2)c1. The van der Waals surface area contributed by atoms with Gasteiger partial charge in [-0.3, -0.25) is 10.1 Å². The van der Waals surface area contributed by atoms with Crippen molar-refractivity contribution in [3.05, 3.63) is 65.5 Å². The lowest BCUT2D eigenvalue weighted by atomic mass is 10.0. The van der Waals surface area contributed by atoms with Crippen molar-refractivity contribution in [3.63, 3.8) is 0 Å². The van der Waals surface area contributed by atoms with Gasteiger partial charge in [0.05, 0.1) is 12.6 Å². The molecule has 2 aromatic carbocycles. The number of nitrogens with one attached hydrogen (secondary N) is 2. The van der Waals surface area contributed by atoms with Crippen LogP contribution in [-0.2, 0) is 4.74 Å². The van der Waals surface area contributed by atoms with E-state index in [0.29, 0.717) is 18.4 Å². The molecule has 1 aliphatic heterocycles. The summed E-state index contributed by atoms with van der Waals surface area (Å²) in [6.45, 7) is 5.44. The van der Waals surface area contributed by atoms with Gasteiger partial charge in [-0.25, -0.2) is 9.38 Å². The average Bonchev–Trinajstić information content (AvgIpc) is 3.20. The second-order valence-corrected chi connectivity index (χ2v) is 7.19. The normalized spacial score (nSPS) is 17.0. The molecule has 148 valence electrons. The highest BCUT2D eigenvalue weighted by molar-refractivity contribution is 6.09. The first-order valence-corrected chi connectivity index (χ1v) is 9.61. The van der Waals surface area contributed by atoms with Gasteiger partial charge in [-0.1, -0.05) is 32.0 Å². The number of ether oxygens (including phenoxy) is 1. The van der Waals surface area contributed by atoms with Gasteiger partial charge in [0, 0.05) is 17.9 Å². The third-order valence-corrected chi connectivity index (χ3v) is 4.61. The van der Waals surface area contributed by atoms with Crippen LogP contribution >= 0.6 is 0 Å². The van der Waals surface area contributed by atoms with E-state index in [2.05, 4.69) is 35.5 Å². The van der Waals surface area contributed by atoms with Crippen molar-refractivity contribution in [1.82, 2.24) is 5.32 Å². The number of guanidine groups is 1. The first kappa shape index (κ1) is 20.0. The van der Waals surface area contributed by atoms with Crippen molar-refractivity contribution in [2.24, 2.45) is 4.99 Å². The van der Waals surface area contributed by atoms with E-state index in [9.17, 15) is 9.18 Å². The van der Waals surface area contributed by atoms with Crippen molar-refractivity contribution in [2.45, 2.75) is 38.7 Å². The third-order valence-electron chi connectivity index (χ3n) is 4.61. The van der Waals surface area contributed by atoms with Crippen molar-refractivity contribution in [2.75, 3.05) is 18.5 Å². The maximum absolute atomic E-state index is 13.4. The minimum Gasteiger partial charge on any atom is -0.376 e. The number of nitrogens with zero attached hydrogens (tertiary/aromatic N) is 1. The molecule has 1 heterocycles. The van der Waals surface area contributed by atoms with E-state index < -0.39 is 11.7 Å². The summed E-state index contributed by atoms with van der Waals surface area (Å²) in [6, 6.07) is 13.5. The average molecular weight is 383 g/mol. The summed E-state index contributed by atoms with van der Waals surface area (Å²) < 4.78 is 19.1. The zero-order chi connectivity index (χ0) is 19.9. The number of halogens is 1. The molecule has 0 saturated carbocycles. The van der Waals surface area contributed by atoms with E-state index in [0.717, 1.165) is 25.1 Å². The number of carbonyl (C=O) groups excluding carboxylic acids is 1. The molecule has 0 bridgehead atoms. The van der Waals surface area contributed by atoms with Gasteiger partial charge in [0.2, 0.25) is 5.96 Å². The standard InChI is InChI=1S/C22H26FN3O2/c1-15(2)16-6-4-9-19(13-16)25-22(24-14-20-10-5-11-28-20)26-21(27)17-7-3-8-18(23)12-17/h3-4,6-9,12-13,15,20H,5,10-11,14H2,1-2H3,(H2,24,25,26,27)/t20-/m0/s1. The zero-order valence-corrected chi connectivity index (χ0v) is 16.2. The van der Waals surface area contributed by atoms with Crippen LogP contribution in [0.2, 0.25) is 0 Å². The molecule has 0 aromatic heterocycles. The first-order chi connectivity index (χ1) is 13.5. The molecule has 28 heavy (non-hydrogen) atoms. The van der Waals surface area contributed by atoms with E-state index >= 15 is 0 Å². The van der Waals surface area contributed by atoms with Crippen molar-refractivity contribution in [1.29, 1.82) is 0 Å². The van der Waals surface area contributed by atoms with Gasteiger partial charge in [-0.15, -0.1) is 0 Å². The van der Waals surface area contributed by atoms with Gasteiger partial charge in [0.1, 0.15) is 5.82 Å². The summed E-state index contributed by atoms with van der Waals surface area (Å²) >= 11 is 0. The lowest BCUT2D eigenvalue weighted by Crippen LogP contribution is -2.36. The fraction of sp³-hybridized carbons (Fsp3) is 0.364. The lowest BCUT2D eigenvalue weighted by Gasteiger charge is -2.15. The Morgan fingerprint density at radius 1 is 1.25 bits per heavy atom. The molecule has 3 rings (SSSR count). The summed E-state index contributed by atoms with van der Waals surface area (Å²) in [6.07, 6.45) is 2.04. The maximum atomic E-state index is 13.4. The summed E-state index contributed by atoms with van der Waals surface area (Å²) in [7, 11) is 0. The molecule has 0 radical (unpaired) electrons. The van der Waals surface area contributed by atoms with Gasteiger partial charge >= 0.3 is 0 Å². The van der Waals surface area contributed by atoms with Gasteiger partial charge < -0.3 is 10.1 Å². The Labute approximate surface area is 165 Å². The summed E-state index contributed by atoms with van der Waals surface area (Å²) in [5.74, 6) is -0.164. The van der Waals surface area contributed by atoms with E-state index in [4.69, 9.17) is 4.74 Å². The van der Waals surface area contributed by atoms with E-state index in [1.54, 1.807) is 6.07 Å². The Bertz CT molecular complexity index is 845. The number of anilines is 1. The molecular formula is C22H26FN3O2. The van der Waals surface area contributed by atoms with Crippen molar-refractivity contribution < 1.29 is 13.9 Å². The predicted molar refractivity (Wildman–Crippen MR) is 109 cm³/mol. The molecule has 2 N–H and O–H groups in total. The largest absolute Gasteiger partial charge is 0.376 e. The molecule has 0 aliphatic carbocycles.